The standard InChI is InChI=1S/C27H22FN9O/c1-27(2,3)26(38)33-15-8-14(9-29-10-15)22-21(28)20-18(13-32-22)36-37-24(20)25-34-19-12-30-11-16(23(19)35-25)17-6-4-5-7-31-17/h4-13H,1-3H3,(H,33,38)(H,34,35)(H,36,37). The summed E-state index contributed by atoms with van der Waals surface area (Å²) < 4.78 is 16.0. The molecule has 11 heteroatoms. The number of anilines is 1. The molecular weight excluding hydrogens is 485 g/mol. The molecule has 38 heavy (non-hydrogen) atoms. The molecule has 0 fully saturated rings. The van der Waals surface area contributed by atoms with Crippen molar-refractivity contribution in [3.63, 3.8) is 0 Å². The highest BCUT2D eigenvalue weighted by molar-refractivity contribution is 5.98. The molecule has 0 aliphatic carbocycles. The van der Waals surface area contributed by atoms with Gasteiger partial charge in [-0.1, -0.05) is 26.8 Å². The van der Waals surface area contributed by atoms with Crippen LogP contribution in [0.25, 0.3) is 56.0 Å². The summed E-state index contributed by atoms with van der Waals surface area (Å²) in [6.07, 6.45) is 9.56. The third kappa shape index (κ3) is 4.03. The molecule has 0 unspecified atom stereocenters. The van der Waals surface area contributed by atoms with E-state index < -0.39 is 11.2 Å². The lowest BCUT2D eigenvalue weighted by Crippen LogP contribution is -2.27. The van der Waals surface area contributed by atoms with Crippen molar-refractivity contribution in [3.05, 3.63) is 67.3 Å². The Morgan fingerprint density at radius 2 is 1.82 bits per heavy atom. The largest absolute Gasteiger partial charge is 0.335 e. The summed E-state index contributed by atoms with van der Waals surface area (Å²) in [5.41, 5.74) is 3.83. The summed E-state index contributed by atoms with van der Waals surface area (Å²) in [5.74, 6) is -0.394. The molecule has 0 saturated carbocycles. The van der Waals surface area contributed by atoms with Crippen LogP contribution < -0.4 is 5.32 Å². The minimum Gasteiger partial charge on any atom is -0.335 e. The van der Waals surface area contributed by atoms with Crippen molar-refractivity contribution in [2.45, 2.75) is 20.8 Å². The summed E-state index contributed by atoms with van der Waals surface area (Å²) >= 11 is 0. The van der Waals surface area contributed by atoms with E-state index in [2.05, 4.69) is 40.4 Å². The maximum absolute atomic E-state index is 16.0. The molecule has 0 atom stereocenters. The van der Waals surface area contributed by atoms with Crippen molar-refractivity contribution in [2.24, 2.45) is 5.41 Å². The van der Waals surface area contributed by atoms with Crippen LogP contribution in [-0.4, -0.2) is 46.0 Å². The van der Waals surface area contributed by atoms with Gasteiger partial charge in [0.15, 0.2) is 11.6 Å². The summed E-state index contributed by atoms with van der Waals surface area (Å²) in [7, 11) is 0. The van der Waals surface area contributed by atoms with Crippen LogP contribution >= 0.6 is 0 Å². The molecule has 0 aromatic carbocycles. The molecule has 0 radical (unpaired) electrons. The van der Waals surface area contributed by atoms with Crippen LogP contribution in [0.1, 0.15) is 20.8 Å². The van der Waals surface area contributed by atoms with Gasteiger partial charge in [0.05, 0.1) is 46.4 Å². The molecule has 0 saturated heterocycles. The predicted octanol–water partition coefficient (Wildman–Crippen LogP) is 5.14. The maximum Gasteiger partial charge on any atom is 0.229 e. The van der Waals surface area contributed by atoms with Crippen LogP contribution in [0, 0.1) is 11.2 Å². The van der Waals surface area contributed by atoms with Crippen LogP contribution in [-0.2, 0) is 4.79 Å². The lowest BCUT2D eigenvalue weighted by molar-refractivity contribution is -0.123. The van der Waals surface area contributed by atoms with Crippen molar-refractivity contribution in [3.8, 4) is 34.0 Å². The minimum absolute atomic E-state index is 0.0754. The number of nitrogens with one attached hydrogen (secondary N) is 3. The Bertz CT molecular complexity index is 1820. The van der Waals surface area contributed by atoms with E-state index in [9.17, 15) is 4.79 Å². The number of aromatic nitrogens is 8. The molecule has 10 nitrogen and oxygen atoms in total. The van der Waals surface area contributed by atoms with E-state index in [-0.39, 0.29) is 17.0 Å². The molecular formula is C27H22FN9O. The number of carbonyl (C=O) groups is 1. The Labute approximate surface area is 215 Å². The Balaban J connectivity index is 1.44. The zero-order chi connectivity index (χ0) is 26.4. The van der Waals surface area contributed by atoms with Gasteiger partial charge in [-0.25, -0.2) is 9.37 Å². The van der Waals surface area contributed by atoms with Crippen LogP contribution in [0.4, 0.5) is 10.1 Å². The third-order valence-electron chi connectivity index (χ3n) is 6.05. The third-order valence-corrected chi connectivity index (χ3v) is 6.05. The molecule has 1 amide bonds. The molecule has 188 valence electrons. The first-order valence-electron chi connectivity index (χ1n) is 11.8. The Hall–Kier alpha value is -5.06. The fraction of sp³-hybridized carbons (Fsp3) is 0.148. The zero-order valence-corrected chi connectivity index (χ0v) is 20.7. The van der Waals surface area contributed by atoms with E-state index in [4.69, 9.17) is 4.98 Å². The molecule has 3 N–H and O–H groups in total. The Morgan fingerprint density at radius 3 is 2.61 bits per heavy atom. The topological polar surface area (TPSA) is 138 Å². The van der Waals surface area contributed by atoms with E-state index in [1.807, 2.05) is 39.0 Å². The zero-order valence-electron chi connectivity index (χ0n) is 20.7. The van der Waals surface area contributed by atoms with Gasteiger partial charge in [0.2, 0.25) is 5.91 Å². The van der Waals surface area contributed by atoms with Gasteiger partial charge < -0.3 is 10.3 Å². The highest BCUT2D eigenvalue weighted by Crippen LogP contribution is 2.34. The highest BCUT2D eigenvalue weighted by atomic mass is 19.1. The number of hydrogen-bond acceptors (Lipinski definition) is 7. The molecule has 0 aliphatic rings. The van der Waals surface area contributed by atoms with E-state index in [0.717, 1.165) is 11.3 Å². The first kappa shape index (κ1) is 23.3. The van der Waals surface area contributed by atoms with Gasteiger partial charge in [-0.3, -0.25) is 29.8 Å². The number of pyridine rings is 4. The molecule has 0 bridgehead atoms. The predicted molar refractivity (Wildman–Crippen MR) is 141 cm³/mol. The molecule has 6 aromatic rings. The monoisotopic (exact) mass is 507 g/mol. The summed E-state index contributed by atoms with van der Waals surface area (Å²) in [4.78, 5) is 37.5. The number of halogens is 1. The summed E-state index contributed by atoms with van der Waals surface area (Å²) in [6, 6.07) is 7.23. The number of aromatic amines is 2. The van der Waals surface area contributed by atoms with Gasteiger partial charge >= 0.3 is 0 Å². The average molecular weight is 508 g/mol. The minimum atomic E-state index is -0.595. The van der Waals surface area contributed by atoms with Crippen molar-refractivity contribution in [2.75, 3.05) is 5.32 Å². The Morgan fingerprint density at radius 1 is 0.974 bits per heavy atom. The van der Waals surface area contributed by atoms with Crippen molar-refractivity contribution < 1.29 is 9.18 Å². The van der Waals surface area contributed by atoms with Gasteiger partial charge in [-0.15, -0.1) is 0 Å². The number of nitrogens with zero attached hydrogens (tertiary/aromatic N) is 6. The van der Waals surface area contributed by atoms with Gasteiger partial charge in [-0.05, 0) is 18.2 Å². The maximum atomic E-state index is 16.0. The summed E-state index contributed by atoms with van der Waals surface area (Å²) in [5, 5.41) is 10.2. The first-order valence-corrected chi connectivity index (χ1v) is 11.8. The molecule has 6 aromatic heterocycles. The van der Waals surface area contributed by atoms with Crippen molar-refractivity contribution >= 4 is 33.5 Å². The van der Waals surface area contributed by atoms with Gasteiger partial charge in [-0.2, -0.15) is 5.10 Å². The lowest BCUT2D eigenvalue weighted by Gasteiger charge is -2.17. The van der Waals surface area contributed by atoms with E-state index in [1.54, 1.807) is 24.7 Å². The molecule has 0 aliphatic heterocycles. The summed E-state index contributed by atoms with van der Waals surface area (Å²) in [6.45, 7) is 5.42. The number of rotatable bonds is 4. The first-order chi connectivity index (χ1) is 18.3. The number of imidazole rings is 1. The van der Waals surface area contributed by atoms with Crippen molar-refractivity contribution in [1.29, 1.82) is 0 Å². The number of hydrogen-bond donors (Lipinski definition) is 3. The number of fused-ring (bicyclic) bond motifs is 2. The lowest BCUT2D eigenvalue weighted by atomic mass is 9.95. The van der Waals surface area contributed by atoms with Crippen LogP contribution in [0.3, 0.4) is 0 Å². The van der Waals surface area contributed by atoms with Gasteiger partial charge in [0.1, 0.15) is 16.9 Å². The molecule has 6 rings (SSSR count). The van der Waals surface area contributed by atoms with Gasteiger partial charge in [0.25, 0.3) is 0 Å². The smallest absolute Gasteiger partial charge is 0.229 e. The molecule has 6 heterocycles. The second-order valence-electron chi connectivity index (χ2n) is 9.83. The van der Waals surface area contributed by atoms with E-state index >= 15 is 4.39 Å². The highest BCUT2D eigenvalue weighted by Gasteiger charge is 2.23. The normalized spacial score (nSPS) is 11.8. The van der Waals surface area contributed by atoms with Crippen LogP contribution in [0.5, 0.6) is 0 Å². The van der Waals surface area contributed by atoms with E-state index in [1.165, 1.54) is 18.6 Å². The van der Waals surface area contributed by atoms with Crippen LogP contribution in [0.2, 0.25) is 0 Å². The number of amides is 1. The van der Waals surface area contributed by atoms with E-state index in [0.29, 0.717) is 39.3 Å². The van der Waals surface area contributed by atoms with Crippen molar-refractivity contribution in [1.82, 2.24) is 40.1 Å². The second kappa shape index (κ2) is 8.80. The number of carbonyl (C=O) groups excluding carboxylic acids is 1. The average Bonchev–Trinajstić information content (AvgIpc) is 3.54. The quantitative estimate of drug-likeness (QED) is 0.300. The Kier molecular flexibility index (Phi) is 5.41. The SMILES string of the molecule is CC(C)(C)C(=O)Nc1cncc(-c2ncc3[nH]nc(-c4nc5c(-c6ccccn6)cncc5[nH]4)c3c2F)c1. The second-order valence-corrected chi connectivity index (χ2v) is 9.83. The fourth-order valence-electron chi connectivity index (χ4n) is 4.06. The number of H-pyrrole nitrogens is 2. The fourth-order valence-corrected chi connectivity index (χ4v) is 4.06. The molecule has 0 spiro atoms. The van der Waals surface area contributed by atoms with Gasteiger partial charge in [0, 0.05) is 35.1 Å². The van der Waals surface area contributed by atoms with Crippen LogP contribution in [0.15, 0.2) is 61.4 Å².